The number of hydrogen-bond donors (Lipinski definition) is 2. The second-order valence-corrected chi connectivity index (χ2v) is 4.53. The van der Waals surface area contributed by atoms with Crippen molar-refractivity contribution in [2.45, 2.75) is 25.7 Å². The highest BCUT2D eigenvalue weighted by Crippen LogP contribution is 2.24. The van der Waals surface area contributed by atoms with Crippen molar-refractivity contribution in [2.75, 3.05) is 20.8 Å². The lowest BCUT2D eigenvalue weighted by molar-refractivity contribution is -0.137. The predicted octanol–water partition coefficient (Wildman–Crippen LogP) is 2.08. The van der Waals surface area contributed by atoms with E-state index < -0.39 is 5.97 Å². The first-order valence-corrected chi connectivity index (χ1v) is 6.80. The van der Waals surface area contributed by atoms with E-state index in [-0.39, 0.29) is 12.3 Å². The van der Waals surface area contributed by atoms with E-state index in [0.717, 1.165) is 12.8 Å². The molecule has 6 heteroatoms. The lowest BCUT2D eigenvalue weighted by Gasteiger charge is -2.10. The number of carbonyl (C=O) groups is 2. The highest BCUT2D eigenvalue weighted by atomic mass is 16.5. The highest BCUT2D eigenvalue weighted by Gasteiger charge is 2.12. The molecule has 0 spiro atoms. The standard InChI is InChI=1S/C15H21NO5/c1-20-11-7-8-12(13(10-11)21-2)15(19)16-9-5-3-4-6-14(17)18/h7-8,10H,3-6,9H2,1-2H3,(H,16,19)(H,17,18). The summed E-state index contributed by atoms with van der Waals surface area (Å²) in [6, 6.07) is 5.00. The molecule has 0 aliphatic rings. The van der Waals surface area contributed by atoms with Crippen molar-refractivity contribution in [1.82, 2.24) is 5.32 Å². The highest BCUT2D eigenvalue weighted by molar-refractivity contribution is 5.97. The molecule has 1 rings (SSSR count). The molecular weight excluding hydrogens is 274 g/mol. The number of ether oxygens (including phenoxy) is 2. The molecule has 1 aromatic rings. The number of benzene rings is 1. The lowest BCUT2D eigenvalue weighted by Crippen LogP contribution is -2.24. The first-order chi connectivity index (χ1) is 10.1. The topological polar surface area (TPSA) is 84.9 Å². The molecule has 0 saturated carbocycles. The second-order valence-electron chi connectivity index (χ2n) is 4.53. The molecule has 1 aromatic carbocycles. The minimum Gasteiger partial charge on any atom is -0.497 e. The Morgan fingerprint density at radius 2 is 1.90 bits per heavy atom. The molecule has 0 saturated heterocycles. The number of carboxylic acids is 1. The molecule has 0 bridgehead atoms. The van der Waals surface area contributed by atoms with Gasteiger partial charge in [0.25, 0.3) is 5.91 Å². The molecule has 21 heavy (non-hydrogen) atoms. The van der Waals surface area contributed by atoms with Crippen LogP contribution >= 0.6 is 0 Å². The van der Waals surface area contributed by atoms with E-state index in [2.05, 4.69) is 5.32 Å². The molecule has 0 fully saturated rings. The van der Waals surface area contributed by atoms with Crippen LogP contribution in [0.5, 0.6) is 11.5 Å². The summed E-state index contributed by atoms with van der Waals surface area (Å²) in [6.45, 7) is 0.508. The van der Waals surface area contributed by atoms with E-state index in [0.29, 0.717) is 30.0 Å². The Labute approximate surface area is 124 Å². The molecule has 116 valence electrons. The van der Waals surface area contributed by atoms with Gasteiger partial charge in [-0.2, -0.15) is 0 Å². The Kier molecular flexibility index (Phi) is 7.08. The van der Waals surface area contributed by atoms with Crippen LogP contribution < -0.4 is 14.8 Å². The van der Waals surface area contributed by atoms with Gasteiger partial charge in [-0.1, -0.05) is 6.42 Å². The van der Waals surface area contributed by atoms with Gasteiger partial charge in [-0.25, -0.2) is 0 Å². The molecule has 1 amide bonds. The molecule has 2 N–H and O–H groups in total. The number of rotatable bonds is 9. The van der Waals surface area contributed by atoms with Crippen molar-refractivity contribution < 1.29 is 24.2 Å². The van der Waals surface area contributed by atoms with Crippen LogP contribution in [0.2, 0.25) is 0 Å². The van der Waals surface area contributed by atoms with Crippen LogP contribution in [0.1, 0.15) is 36.0 Å². The fourth-order valence-corrected chi connectivity index (χ4v) is 1.86. The Morgan fingerprint density at radius 3 is 2.52 bits per heavy atom. The minimum atomic E-state index is -0.790. The van der Waals surface area contributed by atoms with Gasteiger partial charge in [-0.15, -0.1) is 0 Å². The zero-order valence-corrected chi connectivity index (χ0v) is 12.3. The maximum absolute atomic E-state index is 12.0. The number of methoxy groups -OCH3 is 2. The Balaban J connectivity index is 2.43. The van der Waals surface area contributed by atoms with Crippen molar-refractivity contribution >= 4 is 11.9 Å². The van der Waals surface area contributed by atoms with Gasteiger partial charge >= 0.3 is 5.97 Å². The third-order valence-corrected chi connectivity index (χ3v) is 3.01. The van der Waals surface area contributed by atoms with Crippen LogP contribution in [0.3, 0.4) is 0 Å². The van der Waals surface area contributed by atoms with Gasteiger partial charge in [-0.05, 0) is 25.0 Å². The van der Waals surface area contributed by atoms with E-state index in [9.17, 15) is 9.59 Å². The molecule has 0 aliphatic carbocycles. The van der Waals surface area contributed by atoms with Gasteiger partial charge in [0.2, 0.25) is 0 Å². The maximum Gasteiger partial charge on any atom is 0.303 e. The smallest absolute Gasteiger partial charge is 0.303 e. The third-order valence-electron chi connectivity index (χ3n) is 3.01. The van der Waals surface area contributed by atoms with Gasteiger partial charge in [0.1, 0.15) is 11.5 Å². The first-order valence-electron chi connectivity index (χ1n) is 6.80. The summed E-state index contributed by atoms with van der Waals surface area (Å²) >= 11 is 0. The van der Waals surface area contributed by atoms with Crippen LogP contribution in [0, 0.1) is 0 Å². The molecule has 0 aliphatic heterocycles. The Hall–Kier alpha value is -2.24. The number of amides is 1. The lowest BCUT2D eigenvalue weighted by atomic mass is 10.1. The molecule has 0 radical (unpaired) electrons. The number of hydrogen-bond acceptors (Lipinski definition) is 4. The van der Waals surface area contributed by atoms with E-state index in [1.54, 1.807) is 25.3 Å². The van der Waals surface area contributed by atoms with Crippen LogP contribution in [0.15, 0.2) is 18.2 Å². The van der Waals surface area contributed by atoms with Crippen molar-refractivity contribution in [3.8, 4) is 11.5 Å². The largest absolute Gasteiger partial charge is 0.497 e. The molecular formula is C15H21NO5. The molecule has 0 unspecified atom stereocenters. The number of aliphatic carboxylic acids is 1. The normalized spacial score (nSPS) is 10.0. The minimum absolute atomic E-state index is 0.167. The van der Waals surface area contributed by atoms with Gasteiger partial charge in [0.05, 0.1) is 19.8 Å². The van der Waals surface area contributed by atoms with Gasteiger partial charge in [-0.3, -0.25) is 9.59 Å². The van der Waals surface area contributed by atoms with Crippen molar-refractivity contribution in [3.05, 3.63) is 23.8 Å². The monoisotopic (exact) mass is 295 g/mol. The zero-order chi connectivity index (χ0) is 15.7. The van der Waals surface area contributed by atoms with E-state index in [4.69, 9.17) is 14.6 Å². The van der Waals surface area contributed by atoms with Crippen molar-refractivity contribution in [3.63, 3.8) is 0 Å². The second kappa shape index (κ2) is 8.84. The quantitative estimate of drug-likeness (QED) is 0.681. The number of nitrogens with one attached hydrogen (secondary N) is 1. The van der Waals surface area contributed by atoms with E-state index in [1.807, 2.05) is 0 Å². The van der Waals surface area contributed by atoms with Gasteiger partial charge < -0.3 is 19.9 Å². The average Bonchev–Trinajstić information content (AvgIpc) is 2.49. The molecule has 0 atom stereocenters. The summed E-state index contributed by atoms with van der Waals surface area (Å²) < 4.78 is 10.3. The van der Waals surface area contributed by atoms with E-state index in [1.165, 1.54) is 7.11 Å². The van der Waals surface area contributed by atoms with Gasteiger partial charge in [0, 0.05) is 19.0 Å². The van der Waals surface area contributed by atoms with Crippen LogP contribution in [0.4, 0.5) is 0 Å². The Morgan fingerprint density at radius 1 is 1.14 bits per heavy atom. The van der Waals surface area contributed by atoms with Crippen LogP contribution in [-0.2, 0) is 4.79 Å². The number of carboxylic acid groups (broad SMARTS) is 1. The van der Waals surface area contributed by atoms with Crippen LogP contribution in [0.25, 0.3) is 0 Å². The number of carbonyl (C=O) groups excluding carboxylic acids is 1. The fourth-order valence-electron chi connectivity index (χ4n) is 1.86. The summed E-state index contributed by atoms with van der Waals surface area (Å²) in [5, 5.41) is 11.3. The third kappa shape index (κ3) is 5.72. The first kappa shape index (κ1) is 16.8. The predicted molar refractivity (Wildman–Crippen MR) is 78.0 cm³/mol. The molecule has 0 aromatic heterocycles. The molecule has 0 heterocycles. The maximum atomic E-state index is 12.0. The summed E-state index contributed by atoms with van der Waals surface area (Å²) in [5.74, 6) is 0.0736. The summed E-state index contributed by atoms with van der Waals surface area (Å²) in [4.78, 5) is 22.4. The fraction of sp³-hybridized carbons (Fsp3) is 0.467. The summed E-state index contributed by atoms with van der Waals surface area (Å²) in [7, 11) is 3.04. The zero-order valence-electron chi connectivity index (χ0n) is 12.3. The van der Waals surface area contributed by atoms with Crippen LogP contribution in [-0.4, -0.2) is 37.7 Å². The van der Waals surface area contributed by atoms with E-state index >= 15 is 0 Å². The molecule has 6 nitrogen and oxygen atoms in total. The van der Waals surface area contributed by atoms with Crippen molar-refractivity contribution in [2.24, 2.45) is 0 Å². The summed E-state index contributed by atoms with van der Waals surface area (Å²) in [6.07, 6.45) is 2.31. The summed E-state index contributed by atoms with van der Waals surface area (Å²) in [5.41, 5.74) is 0.448. The Bertz CT molecular complexity index is 487. The number of unbranched alkanes of at least 4 members (excludes halogenated alkanes) is 2. The SMILES string of the molecule is COc1ccc(C(=O)NCCCCCC(=O)O)c(OC)c1. The van der Waals surface area contributed by atoms with Crippen molar-refractivity contribution in [1.29, 1.82) is 0 Å². The van der Waals surface area contributed by atoms with Gasteiger partial charge in [0.15, 0.2) is 0 Å². The average molecular weight is 295 g/mol.